The molecule has 2 heterocycles. The van der Waals surface area contributed by atoms with E-state index in [2.05, 4.69) is 10.6 Å². The second kappa shape index (κ2) is 16.0. The lowest BCUT2D eigenvalue weighted by Gasteiger charge is -2.40. The predicted molar refractivity (Wildman–Crippen MR) is 157 cm³/mol. The molecule has 4 rings (SSSR count). The van der Waals surface area contributed by atoms with Crippen molar-refractivity contribution in [2.24, 2.45) is 0 Å². The van der Waals surface area contributed by atoms with E-state index in [-0.39, 0.29) is 11.8 Å². The van der Waals surface area contributed by atoms with E-state index in [0.29, 0.717) is 54.6 Å². The summed E-state index contributed by atoms with van der Waals surface area (Å²) in [6.07, 6.45) is -11.1. The Balaban J connectivity index is 1.19. The largest absolute Gasteiger partial charge is 0.394 e. The van der Waals surface area contributed by atoms with E-state index in [9.17, 15) is 50.4 Å². The van der Waals surface area contributed by atoms with Crippen LogP contribution in [0.25, 0.3) is 0 Å². The van der Waals surface area contributed by atoms with E-state index in [4.69, 9.17) is 9.47 Å². The molecular weight excluding hydrogens is 592 g/mol. The van der Waals surface area contributed by atoms with Crippen molar-refractivity contribution in [3.63, 3.8) is 0 Å². The first-order valence-corrected chi connectivity index (χ1v) is 14.9. The number of aliphatic hydroxyl groups excluding tert-OH is 8. The van der Waals surface area contributed by atoms with Crippen molar-refractivity contribution in [1.82, 2.24) is 10.6 Å². The Morgan fingerprint density at radius 1 is 0.578 bits per heavy atom. The van der Waals surface area contributed by atoms with Gasteiger partial charge in [-0.1, -0.05) is 24.3 Å². The number of hydrogen-bond acceptors (Lipinski definition) is 12. The Hall–Kier alpha value is -3.02. The smallest absolute Gasteiger partial charge is 0.251 e. The summed E-state index contributed by atoms with van der Waals surface area (Å²) in [6.45, 7) is -0.357. The molecule has 2 aromatic rings. The molecule has 2 saturated heterocycles. The number of nitrogens with one attached hydrogen (secondary N) is 2. The molecule has 14 nitrogen and oxygen atoms in total. The van der Waals surface area contributed by atoms with Crippen molar-refractivity contribution in [2.45, 2.75) is 80.3 Å². The summed E-state index contributed by atoms with van der Waals surface area (Å²) in [5, 5.41) is 85.4. The molecule has 0 radical (unpaired) electrons. The van der Waals surface area contributed by atoms with Crippen LogP contribution in [-0.2, 0) is 9.47 Å². The zero-order valence-electron chi connectivity index (χ0n) is 24.6. The highest BCUT2D eigenvalue weighted by Crippen LogP contribution is 2.34. The van der Waals surface area contributed by atoms with Gasteiger partial charge in [0.2, 0.25) is 0 Å². The number of carbonyl (C=O) groups excluding carboxylic acids is 2. The van der Waals surface area contributed by atoms with E-state index >= 15 is 0 Å². The fraction of sp³-hybridized carbons (Fsp3) is 0.548. The minimum absolute atomic E-state index is 0.308. The van der Waals surface area contributed by atoms with E-state index < -0.39 is 74.3 Å². The lowest BCUT2D eigenvalue weighted by Crippen LogP contribution is -2.55. The van der Waals surface area contributed by atoms with Gasteiger partial charge in [0.1, 0.15) is 61.0 Å². The minimum atomic E-state index is -1.52. The third-order valence-electron chi connectivity index (χ3n) is 8.16. The molecule has 2 aliphatic rings. The van der Waals surface area contributed by atoms with Gasteiger partial charge >= 0.3 is 0 Å². The second-order valence-electron chi connectivity index (χ2n) is 11.3. The highest BCUT2D eigenvalue weighted by Gasteiger charge is 2.45. The van der Waals surface area contributed by atoms with Crippen LogP contribution < -0.4 is 10.6 Å². The normalized spacial score (nSPS) is 31.7. The van der Waals surface area contributed by atoms with E-state index in [0.717, 1.165) is 0 Å². The number of ether oxygens (including phenoxy) is 2. The Labute approximate surface area is 259 Å². The molecular formula is C31H42N2O12. The fourth-order valence-electron chi connectivity index (χ4n) is 5.50. The molecule has 2 aliphatic heterocycles. The third kappa shape index (κ3) is 8.23. The molecule has 248 valence electrons. The lowest BCUT2D eigenvalue weighted by molar-refractivity contribution is -0.231. The molecule has 2 aromatic carbocycles. The molecule has 0 saturated carbocycles. The van der Waals surface area contributed by atoms with Crippen LogP contribution in [0.3, 0.4) is 0 Å². The van der Waals surface area contributed by atoms with Crippen LogP contribution in [0.1, 0.15) is 63.3 Å². The SMILES string of the molecule is O=C(NCCCCCNC(=O)c1cccc([C@H]2O[C@H](CO)[C@@H](O)[C@H](O)[C@@H]2O)c1)c1cccc([C@H]2O[C@H](CO)[C@@H](O)[C@H](O)[C@H]2O)c1. The summed E-state index contributed by atoms with van der Waals surface area (Å²) in [5.41, 5.74) is 1.44. The number of hydrogen-bond donors (Lipinski definition) is 10. The molecule has 0 unspecified atom stereocenters. The van der Waals surface area contributed by atoms with E-state index in [1.54, 1.807) is 36.4 Å². The Morgan fingerprint density at radius 3 is 1.36 bits per heavy atom. The number of carbonyl (C=O) groups is 2. The predicted octanol–water partition coefficient (Wildman–Crippen LogP) is -1.95. The molecule has 0 aromatic heterocycles. The monoisotopic (exact) mass is 634 g/mol. The Bertz CT molecular complexity index is 1180. The summed E-state index contributed by atoms with van der Waals surface area (Å²) in [7, 11) is 0. The highest BCUT2D eigenvalue weighted by atomic mass is 16.6. The van der Waals surface area contributed by atoms with Gasteiger partial charge < -0.3 is 61.0 Å². The van der Waals surface area contributed by atoms with Crippen LogP contribution in [0.15, 0.2) is 48.5 Å². The molecule has 10 atom stereocenters. The van der Waals surface area contributed by atoms with Gasteiger partial charge in [-0.25, -0.2) is 0 Å². The quantitative estimate of drug-likeness (QED) is 0.115. The molecule has 2 fully saturated rings. The van der Waals surface area contributed by atoms with Crippen molar-refractivity contribution >= 4 is 11.8 Å². The fourth-order valence-corrected chi connectivity index (χ4v) is 5.50. The van der Waals surface area contributed by atoms with Gasteiger partial charge in [-0.2, -0.15) is 0 Å². The molecule has 0 aliphatic carbocycles. The standard InChI is InChI=1S/C31H42N2O12/c34-14-20-22(36)24(38)26(40)28(44-20)16-6-4-8-18(12-16)30(42)32-10-2-1-3-11-33-31(43)19-9-5-7-17(13-19)29-27(41)25(39)23(37)21(15-35)45-29/h4-9,12-13,20-29,34-41H,1-3,10-11,14-15H2,(H,32,42)(H,33,43)/t20-,21-,22-,23-,24+,25+,26-,27+,28-,29-/m1/s1. The average molecular weight is 635 g/mol. The maximum absolute atomic E-state index is 12.7. The van der Waals surface area contributed by atoms with Crippen LogP contribution in [0.2, 0.25) is 0 Å². The molecule has 10 N–H and O–H groups in total. The zero-order chi connectivity index (χ0) is 32.7. The van der Waals surface area contributed by atoms with Crippen LogP contribution in [0.5, 0.6) is 0 Å². The summed E-state index contributed by atoms with van der Waals surface area (Å²) < 4.78 is 11.1. The molecule has 14 heteroatoms. The van der Waals surface area contributed by atoms with Gasteiger partial charge in [0.25, 0.3) is 11.8 Å². The highest BCUT2D eigenvalue weighted by molar-refractivity contribution is 5.94. The zero-order valence-corrected chi connectivity index (χ0v) is 24.6. The molecule has 0 spiro atoms. The minimum Gasteiger partial charge on any atom is -0.394 e. The van der Waals surface area contributed by atoms with Crippen LogP contribution in [-0.4, -0.2) is 128 Å². The van der Waals surface area contributed by atoms with Crippen molar-refractivity contribution < 1.29 is 59.9 Å². The maximum atomic E-state index is 12.7. The first kappa shape index (κ1) is 34.8. The molecule has 45 heavy (non-hydrogen) atoms. The summed E-state index contributed by atoms with van der Waals surface area (Å²) in [5.74, 6) is -0.706. The summed E-state index contributed by atoms with van der Waals surface area (Å²) in [4.78, 5) is 25.4. The maximum Gasteiger partial charge on any atom is 0.251 e. The van der Waals surface area contributed by atoms with Crippen molar-refractivity contribution in [2.75, 3.05) is 26.3 Å². The van der Waals surface area contributed by atoms with Crippen molar-refractivity contribution in [1.29, 1.82) is 0 Å². The van der Waals surface area contributed by atoms with Gasteiger partial charge in [-0.15, -0.1) is 0 Å². The number of benzene rings is 2. The Morgan fingerprint density at radius 2 is 0.978 bits per heavy atom. The topological polar surface area (TPSA) is 238 Å². The number of aliphatic hydroxyl groups is 8. The first-order valence-electron chi connectivity index (χ1n) is 14.9. The number of unbranched alkanes of at least 4 members (excludes halogenated alkanes) is 2. The first-order chi connectivity index (χ1) is 21.6. The van der Waals surface area contributed by atoms with Gasteiger partial charge in [0.05, 0.1) is 13.2 Å². The van der Waals surface area contributed by atoms with Gasteiger partial charge in [-0.3, -0.25) is 9.59 Å². The summed E-state index contributed by atoms with van der Waals surface area (Å²) in [6, 6.07) is 12.7. The Kier molecular flexibility index (Phi) is 12.4. The van der Waals surface area contributed by atoms with E-state index in [1.165, 1.54) is 12.1 Å². The second-order valence-corrected chi connectivity index (χ2v) is 11.3. The van der Waals surface area contributed by atoms with E-state index in [1.807, 2.05) is 0 Å². The van der Waals surface area contributed by atoms with Crippen molar-refractivity contribution in [3.8, 4) is 0 Å². The number of amides is 2. The van der Waals surface area contributed by atoms with Gasteiger partial charge in [0.15, 0.2) is 0 Å². The third-order valence-corrected chi connectivity index (χ3v) is 8.16. The van der Waals surface area contributed by atoms with Crippen LogP contribution >= 0.6 is 0 Å². The van der Waals surface area contributed by atoms with Gasteiger partial charge in [0, 0.05) is 24.2 Å². The number of rotatable bonds is 12. The lowest BCUT2D eigenvalue weighted by atomic mass is 9.90. The van der Waals surface area contributed by atoms with Crippen LogP contribution in [0.4, 0.5) is 0 Å². The average Bonchev–Trinajstić information content (AvgIpc) is 3.06. The van der Waals surface area contributed by atoms with Crippen molar-refractivity contribution in [3.05, 3.63) is 70.8 Å². The van der Waals surface area contributed by atoms with Crippen LogP contribution in [0, 0.1) is 0 Å². The summed E-state index contributed by atoms with van der Waals surface area (Å²) >= 11 is 0. The molecule has 0 bridgehead atoms. The molecule has 2 amide bonds. The van der Waals surface area contributed by atoms with Gasteiger partial charge in [-0.05, 0) is 54.7 Å².